The van der Waals surface area contributed by atoms with E-state index in [0.29, 0.717) is 5.75 Å². The van der Waals surface area contributed by atoms with Crippen LogP contribution in [0.5, 0.6) is 5.75 Å². The molecule has 2 aromatic carbocycles. The molecule has 2 rings (SSSR count). The molecule has 0 saturated heterocycles. The molecule has 0 unspecified atom stereocenters. The van der Waals surface area contributed by atoms with Crippen molar-refractivity contribution in [3.05, 3.63) is 54.1 Å². The highest BCUT2D eigenvalue weighted by molar-refractivity contribution is 5.75. The van der Waals surface area contributed by atoms with Crippen LogP contribution in [0, 0.1) is 0 Å². The minimum Gasteiger partial charge on any atom is -0.444 e. The molecular formula is C23H29NO5. The molecule has 0 aromatic heterocycles. The standard InChI is InChI=1S/C23H29NO5/c1-22(2,3)28-20(25)24-15-16-12-13-18(17-10-8-7-9-11-17)19(14-16)27-21(26)29-23(4,5)6/h7-14H,15H2,1-6H3,(H,24,25). The van der Waals surface area contributed by atoms with Gasteiger partial charge in [0.05, 0.1) is 0 Å². The number of nitrogens with one attached hydrogen (secondary N) is 1. The van der Waals surface area contributed by atoms with Crippen molar-refractivity contribution in [3.8, 4) is 16.9 Å². The maximum atomic E-state index is 12.2. The molecular weight excluding hydrogens is 370 g/mol. The van der Waals surface area contributed by atoms with Crippen LogP contribution in [0.2, 0.25) is 0 Å². The van der Waals surface area contributed by atoms with Gasteiger partial charge in [-0.15, -0.1) is 0 Å². The van der Waals surface area contributed by atoms with Crippen LogP contribution in [0.1, 0.15) is 47.1 Å². The predicted molar refractivity (Wildman–Crippen MR) is 112 cm³/mol. The zero-order chi connectivity index (χ0) is 21.7. The molecule has 0 heterocycles. The molecule has 0 saturated carbocycles. The Balaban J connectivity index is 2.23. The van der Waals surface area contributed by atoms with E-state index in [0.717, 1.165) is 16.7 Å². The average molecular weight is 399 g/mol. The van der Waals surface area contributed by atoms with Crippen LogP contribution >= 0.6 is 0 Å². The highest BCUT2D eigenvalue weighted by Gasteiger charge is 2.20. The number of rotatable bonds is 4. The fourth-order valence-electron chi connectivity index (χ4n) is 2.47. The molecule has 0 bridgehead atoms. The number of carbonyl (C=O) groups excluding carboxylic acids is 2. The zero-order valence-corrected chi connectivity index (χ0v) is 17.9. The third-order valence-corrected chi connectivity index (χ3v) is 3.55. The average Bonchev–Trinajstić information content (AvgIpc) is 2.58. The van der Waals surface area contributed by atoms with E-state index in [9.17, 15) is 9.59 Å². The summed E-state index contributed by atoms with van der Waals surface area (Å²) in [4.78, 5) is 24.1. The van der Waals surface area contributed by atoms with E-state index >= 15 is 0 Å². The lowest BCUT2D eigenvalue weighted by Crippen LogP contribution is -2.32. The second-order valence-electron chi connectivity index (χ2n) is 8.62. The van der Waals surface area contributed by atoms with Crippen LogP contribution < -0.4 is 10.1 Å². The number of amides is 1. The first-order valence-electron chi connectivity index (χ1n) is 9.49. The van der Waals surface area contributed by atoms with E-state index in [1.165, 1.54) is 0 Å². The summed E-state index contributed by atoms with van der Waals surface area (Å²) in [5.41, 5.74) is 1.16. The Hall–Kier alpha value is -3.02. The third kappa shape index (κ3) is 7.86. The number of benzene rings is 2. The Bertz CT molecular complexity index is 848. The number of carbonyl (C=O) groups is 2. The van der Waals surface area contributed by atoms with Gasteiger partial charge in [0.25, 0.3) is 0 Å². The molecule has 29 heavy (non-hydrogen) atoms. The smallest absolute Gasteiger partial charge is 0.444 e. The first-order valence-corrected chi connectivity index (χ1v) is 9.49. The van der Waals surface area contributed by atoms with Crippen LogP contribution in [-0.2, 0) is 16.0 Å². The van der Waals surface area contributed by atoms with Gasteiger partial charge < -0.3 is 19.5 Å². The van der Waals surface area contributed by atoms with Crippen molar-refractivity contribution in [3.63, 3.8) is 0 Å². The number of alkyl carbamates (subject to hydrolysis) is 1. The molecule has 0 spiro atoms. The van der Waals surface area contributed by atoms with Crippen molar-refractivity contribution in [2.45, 2.75) is 59.3 Å². The maximum Gasteiger partial charge on any atom is 0.514 e. The van der Waals surface area contributed by atoms with Crippen LogP contribution in [0.4, 0.5) is 9.59 Å². The van der Waals surface area contributed by atoms with Gasteiger partial charge in [0.1, 0.15) is 17.0 Å². The van der Waals surface area contributed by atoms with Gasteiger partial charge in [-0.3, -0.25) is 0 Å². The van der Waals surface area contributed by atoms with E-state index in [1.54, 1.807) is 47.6 Å². The van der Waals surface area contributed by atoms with E-state index in [1.807, 2.05) is 42.5 Å². The minimum absolute atomic E-state index is 0.231. The third-order valence-electron chi connectivity index (χ3n) is 3.55. The minimum atomic E-state index is -0.785. The Morgan fingerprint density at radius 3 is 2.07 bits per heavy atom. The molecule has 1 amide bonds. The Labute approximate surface area is 172 Å². The second kappa shape index (κ2) is 8.99. The van der Waals surface area contributed by atoms with Crippen LogP contribution in [0.3, 0.4) is 0 Å². The van der Waals surface area contributed by atoms with E-state index in [4.69, 9.17) is 14.2 Å². The van der Waals surface area contributed by atoms with Crippen molar-refractivity contribution < 1.29 is 23.8 Å². The number of hydrogen-bond acceptors (Lipinski definition) is 5. The summed E-state index contributed by atoms with van der Waals surface area (Å²) in [5.74, 6) is 0.355. The summed E-state index contributed by atoms with van der Waals surface area (Å²) in [6.07, 6.45) is -1.30. The molecule has 0 atom stereocenters. The summed E-state index contributed by atoms with van der Waals surface area (Å²) >= 11 is 0. The van der Waals surface area contributed by atoms with Gasteiger partial charge in [-0.25, -0.2) is 9.59 Å². The second-order valence-corrected chi connectivity index (χ2v) is 8.62. The fourth-order valence-corrected chi connectivity index (χ4v) is 2.47. The van der Waals surface area contributed by atoms with Crippen molar-refractivity contribution in [2.75, 3.05) is 0 Å². The molecule has 6 heteroatoms. The molecule has 156 valence electrons. The summed E-state index contributed by atoms with van der Waals surface area (Å²) in [6, 6.07) is 15.0. The normalized spacial score (nSPS) is 11.5. The van der Waals surface area contributed by atoms with Crippen molar-refractivity contribution in [2.24, 2.45) is 0 Å². The molecule has 0 aliphatic heterocycles. The fraction of sp³-hybridized carbons (Fsp3) is 0.391. The first kappa shape index (κ1) is 22.3. The summed E-state index contributed by atoms with van der Waals surface area (Å²) < 4.78 is 16.0. The molecule has 0 radical (unpaired) electrons. The van der Waals surface area contributed by atoms with Gasteiger partial charge in [0, 0.05) is 12.1 Å². The van der Waals surface area contributed by atoms with Gasteiger partial charge in [0.2, 0.25) is 0 Å². The lowest BCUT2D eigenvalue weighted by atomic mass is 10.0. The SMILES string of the molecule is CC(C)(C)OC(=O)NCc1ccc(-c2ccccc2)c(OC(=O)OC(C)(C)C)c1. The molecule has 1 N–H and O–H groups in total. The van der Waals surface area contributed by atoms with Gasteiger partial charge in [-0.05, 0) is 58.7 Å². The Morgan fingerprint density at radius 1 is 0.862 bits per heavy atom. The quantitative estimate of drug-likeness (QED) is 0.528. The first-order chi connectivity index (χ1) is 13.4. The summed E-state index contributed by atoms with van der Waals surface area (Å²) in [5, 5.41) is 2.70. The molecule has 2 aromatic rings. The molecule has 0 aliphatic rings. The largest absolute Gasteiger partial charge is 0.514 e. The molecule has 6 nitrogen and oxygen atoms in total. The van der Waals surface area contributed by atoms with Gasteiger partial charge in [-0.2, -0.15) is 0 Å². The summed E-state index contributed by atoms with van der Waals surface area (Å²) in [6.45, 7) is 10.9. The van der Waals surface area contributed by atoms with Crippen LogP contribution in [0.15, 0.2) is 48.5 Å². The monoisotopic (exact) mass is 399 g/mol. The molecule has 0 fully saturated rings. The van der Waals surface area contributed by atoms with Gasteiger partial charge >= 0.3 is 12.2 Å². The van der Waals surface area contributed by atoms with Gasteiger partial charge in [-0.1, -0.05) is 42.5 Å². The van der Waals surface area contributed by atoms with E-state index in [-0.39, 0.29) is 6.54 Å². The lowest BCUT2D eigenvalue weighted by Gasteiger charge is -2.20. The van der Waals surface area contributed by atoms with Crippen molar-refractivity contribution in [1.29, 1.82) is 0 Å². The van der Waals surface area contributed by atoms with Gasteiger partial charge in [0.15, 0.2) is 0 Å². The topological polar surface area (TPSA) is 73.9 Å². The Morgan fingerprint density at radius 2 is 1.48 bits per heavy atom. The maximum absolute atomic E-state index is 12.2. The highest BCUT2D eigenvalue weighted by atomic mass is 16.7. The van der Waals surface area contributed by atoms with Crippen molar-refractivity contribution >= 4 is 12.2 Å². The predicted octanol–water partition coefficient (Wildman–Crippen LogP) is 5.69. The van der Waals surface area contributed by atoms with Crippen LogP contribution in [-0.4, -0.2) is 23.5 Å². The highest BCUT2D eigenvalue weighted by Crippen LogP contribution is 2.31. The van der Waals surface area contributed by atoms with E-state index in [2.05, 4.69) is 5.32 Å². The van der Waals surface area contributed by atoms with Crippen LogP contribution in [0.25, 0.3) is 11.1 Å². The number of hydrogen-bond donors (Lipinski definition) is 1. The van der Waals surface area contributed by atoms with E-state index < -0.39 is 23.5 Å². The zero-order valence-electron chi connectivity index (χ0n) is 17.9. The summed E-state index contributed by atoms with van der Waals surface area (Å²) in [7, 11) is 0. The Kier molecular flexibility index (Phi) is 6.90. The van der Waals surface area contributed by atoms with Crippen molar-refractivity contribution in [1.82, 2.24) is 5.32 Å². The lowest BCUT2D eigenvalue weighted by molar-refractivity contribution is 0.0206. The number of ether oxygens (including phenoxy) is 3. The molecule has 0 aliphatic carbocycles.